The van der Waals surface area contributed by atoms with E-state index in [1.165, 1.54) is 16.8 Å². The van der Waals surface area contributed by atoms with Gasteiger partial charge in [-0.1, -0.05) is 84.9 Å². The molecule has 1 heterocycles. The topological polar surface area (TPSA) is 73.1 Å². The lowest BCUT2D eigenvalue weighted by Crippen LogP contribution is -2.43. The van der Waals surface area contributed by atoms with Crippen LogP contribution >= 0.6 is 0 Å². The molecule has 0 radical (unpaired) electrons. The largest absolute Gasteiger partial charge is 0.348 e. The SMILES string of the molecule is C[C@H](NC(=O)Cn1c(=O)ccn(Cc2ccccc2)c1=O)c1ccc(-c2ccccc2)cc1. The van der Waals surface area contributed by atoms with Gasteiger partial charge in [0.2, 0.25) is 5.91 Å². The van der Waals surface area contributed by atoms with Crippen molar-refractivity contribution in [3.05, 3.63) is 129 Å². The minimum absolute atomic E-state index is 0.270. The zero-order chi connectivity index (χ0) is 23.2. The number of rotatable bonds is 7. The van der Waals surface area contributed by atoms with Gasteiger partial charge in [0, 0.05) is 12.3 Å². The second kappa shape index (κ2) is 9.96. The Hall–Kier alpha value is -4.19. The highest BCUT2D eigenvalue weighted by Crippen LogP contribution is 2.21. The van der Waals surface area contributed by atoms with Gasteiger partial charge in [-0.05, 0) is 29.2 Å². The molecule has 6 nitrogen and oxygen atoms in total. The van der Waals surface area contributed by atoms with Crippen LogP contribution in [0.2, 0.25) is 0 Å². The molecule has 0 aliphatic rings. The summed E-state index contributed by atoms with van der Waals surface area (Å²) in [6.07, 6.45) is 1.46. The minimum Gasteiger partial charge on any atom is -0.348 e. The molecule has 0 saturated carbocycles. The molecule has 33 heavy (non-hydrogen) atoms. The number of aromatic nitrogens is 2. The van der Waals surface area contributed by atoms with Crippen LogP contribution < -0.4 is 16.6 Å². The van der Waals surface area contributed by atoms with Crippen LogP contribution in [0.5, 0.6) is 0 Å². The number of carbonyl (C=O) groups is 1. The standard InChI is InChI=1S/C27H25N3O3/c1-20(22-12-14-24(15-13-22)23-10-6-3-7-11-23)28-25(31)19-30-26(32)16-17-29(27(30)33)18-21-8-4-2-5-9-21/h2-17,20H,18-19H2,1H3,(H,28,31)/t20-/m0/s1. The summed E-state index contributed by atoms with van der Waals surface area (Å²) >= 11 is 0. The van der Waals surface area contributed by atoms with Gasteiger partial charge in [0.1, 0.15) is 6.54 Å². The second-order valence-corrected chi connectivity index (χ2v) is 7.91. The molecule has 1 amide bonds. The van der Waals surface area contributed by atoms with E-state index in [9.17, 15) is 14.4 Å². The number of hydrogen-bond acceptors (Lipinski definition) is 3. The Balaban J connectivity index is 1.44. The van der Waals surface area contributed by atoms with Crippen LogP contribution in [0.4, 0.5) is 0 Å². The molecule has 1 N–H and O–H groups in total. The Kier molecular flexibility index (Phi) is 6.64. The third-order valence-corrected chi connectivity index (χ3v) is 5.53. The van der Waals surface area contributed by atoms with Crippen molar-refractivity contribution in [1.29, 1.82) is 0 Å². The molecule has 0 aliphatic carbocycles. The first-order chi connectivity index (χ1) is 16.0. The minimum atomic E-state index is -0.513. The van der Waals surface area contributed by atoms with Crippen LogP contribution in [0, 0.1) is 0 Å². The Morgan fingerprint density at radius 1 is 0.818 bits per heavy atom. The summed E-state index contributed by atoms with van der Waals surface area (Å²) < 4.78 is 2.39. The van der Waals surface area contributed by atoms with Gasteiger partial charge >= 0.3 is 5.69 Å². The van der Waals surface area contributed by atoms with E-state index in [-0.39, 0.29) is 12.6 Å². The van der Waals surface area contributed by atoms with Crippen LogP contribution in [0.15, 0.2) is 107 Å². The van der Waals surface area contributed by atoms with Crippen LogP contribution in [-0.4, -0.2) is 15.0 Å². The molecule has 0 aliphatic heterocycles. The Labute approximate surface area is 191 Å². The lowest BCUT2D eigenvalue weighted by molar-refractivity contribution is -0.122. The van der Waals surface area contributed by atoms with Gasteiger partial charge in [-0.25, -0.2) is 4.79 Å². The van der Waals surface area contributed by atoms with Crippen molar-refractivity contribution in [3.63, 3.8) is 0 Å². The van der Waals surface area contributed by atoms with Gasteiger partial charge in [0.05, 0.1) is 12.6 Å². The molecular formula is C27H25N3O3. The summed E-state index contributed by atoms with van der Waals surface area (Å²) in [4.78, 5) is 37.7. The molecule has 0 fully saturated rings. The van der Waals surface area contributed by atoms with Gasteiger partial charge in [0.15, 0.2) is 0 Å². The Bertz CT molecular complexity index is 1340. The number of amides is 1. The third kappa shape index (κ3) is 5.36. The van der Waals surface area contributed by atoms with Gasteiger partial charge in [-0.2, -0.15) is 0 Å². The van der Waals surface area contributed by atoms with E-state index in [1.807, 2.05) is 91.9 Å². The third-order valence-electron chi connectivity index (χ3n) is 5.53. The van der Waals surface area contributed by atoms with Crippen molar-refractivity contribution in [2.75, 3.05) is 0 Å². The fraction of sp³-hybridized carbons (Fsp3) is 0.148. The van der Waals surface area contributed by atoms with Crippen molar-refractivity contribution in [2.45, 2.75) is 26.1 Å². The zero-order valence-electron chi connectivity index (χ0n) is 18.3. The van der Waals surface area contributed by atoms with Gasteiger partial charge in [-0.3, -0.25) is 18.7 Å². The molecule has 4 rings (SSSR count). The Morgan fingerprint density at radius 2 is 1.42 bits per heavy atom. The van der Waals surface area contributed by atoms with E-state index in [0.29, 0.717) is 6.54 Å². The first kappa shape index (κ1) is 22.0. The molecule has 1 atom stereocenters. The van der Waals surface area contributed by atoms with Crippen LogP contribution in [0.25, 0.3) is 11.1 Å². The van der Waals surface area contributed by atoms with Gasteiger partial charge in [0.25, 0.3) is 5.56 Å². The van der Waals surface area contributed by atoms with Crippen LogP contribution in [0.1, 0.15) is 24.1 Å². The molecule has 0 unspecified atom stereocenters. The number of nitrogens with one attached hydrogen (secondary N) is 1. The molecule has 4 aromatic rings. The fourth-order valence-electron chi connectivity index (χ4n) is 3.71. The van der Waals surface area contributed by atoms with Crippen molar-refractivity contribution in [1.82, 2.24) is 14.5 Å². The normalized spacial score (nSPS) is 11.7. The van der Waals surface area contributed by atoms with Crippen molar-refractivity contribution in [2.24, 2.45) is 0 Å². The fourth-order valence-corrected chi connectivity index (χ4v) is 3.71. The van der Waals surface area contributed by atoms with E-state index >= 15 is 0 Å². The average Bonchev–Trinajstić information content (AvgIpc) is 2.85. The summed E-state index contributed by atoms with van der Waals surface area (Å²) in [5.74, 6) is -0.397. The molecule has 6 heteroatoms. The molecule has 166 valence electrons. The molecule has 0 spiro atoms. The second-order valence-electron chi connectivity index (χ2n) is 7.91. The predicted molar refractivity (Wildman–Crippen MR) is 129 cm³/mol. The zero-order valence-corrected chi connectivity index (χ0v) is 18.3. The number of nitrogens with zero attached hydrogens (tertiary/aromatic N) is 2. The molecule has 0 saturated heterocycles. The highest BCUT2D eigenvalue weighted by molar-refractivity contribution is 5.76. The summed E-state index contributed by atoms with van der Waals surface area (Å²) in [6, 6.07) is 28.5. The Morgan fingerprint density at radius 3 is 2.09 bits per heavy atom. The monoisotopic (exact) mass is 439 g/mol. The first-order valence-corrected chi connectivity index (χ1v) is 10.8. The first-order valence-electron chi connectivity index (χ1n) is 10.8. The summed E-state index contributed by atoms with van der Waals surface area (Å²) in [5, 5.41) is 2.88. The average molecular weight is 440 g/mol. The molecule has 3 aromatic carbocycles. The smallest absolute Gasteiger partial charge is 0.331 e. The summed E-state index contributed by atoms with van der Waals surface area (Å²) in [6.45, 7) is 1.86. The van der Waals surface area contributed by atoms with Crippen molar-refractivity contribution >= 4 is 5.91 Å². The summed E-state index contributed by atoms with van der Waals surface area (Å²) in [5.41, 5.74) is 3.07. The quantitative estimate of drug-likeness (QED) is 0.478. The van der Waals surface area contributed by atoms with Crippen LogP contribution in [-0.2, 0) is 17.9 Å². The van der Waals surface area contributed by atoms with Crippen molar-refractivity contribution in [3.8, 4) is 11.1 Å². The van der Waals surface area contributed by atoms with E-state index < -0.39 is 17.2 Å². The van der Waals surface area contributed by atoms with E-state index in [0.717, 1.165) is 26.8 Å². The number of carbonyl (C=O) groups excluding carboxylic acids is 1. The molecular weight excluding hydrogens is 414 g/mol. The maximum atomic E-state index is 12.8. The maximum Gasteiger partial charge on any atom is 0.331 e. The molecule has 0 bridgehead atoms. The maximum absolute atomic E-state index is 12.8. The lowest BCUT2D eigenvalue weighted by Gasteiger charge is -2.16. The van der Waals surface area contributed by atoms with Gasteiger partial charge < -0.3 is 5.32 Å². The highest BCUT2D eigenvalue weighted by atomic mass is 16.2. The summed E-state index contributed by atoms with van der Waals surface area (Å²) in [7, 11) is 0. The van der Waals surface area contributed by atoms with Crippen LogP contribution in [0.3, 0.4) is 0 Å². The highest BCUT2D eigenvalue weighted by Gasteiger charge is 2.14. The number of hydrogen-bond donors (Lipinski definition) is 1. The number of benzene rings is 3. The van der Waals surface area contributed by atoms with Gasteiger partial charge in [-0.15, -0.1) is 0 Å². The lowest BCUT2D eigenvalue weighted by atomic mass is 10.0. The van der Waals surface area contributed by atoms with E-state index in [1.54, 1.807) is 0 Å². The molecule has 1 aromatic heterocycles. The predicted octanol–water partition coefficient (Wildman–Crippen LogP) is 3.60. The van der Waals surface area contributed by atoms with E-state index in [2.05, 4.69) is 5.32 Å². The van der Waals surface area contributed by atoms with Crippen molar-refractivity contribution < 1.29 is 4.79 Å². The van der Waals surface area contributed by atoms with E-state index in [4.69, 9.17) is 0 Å².